The second kappa shape index (κ2) is 7.23. The van der Waals surface area contributed by atoms with Crippen molar-refractivity contribution in [1.82, 2.24) is 10.3 Å². The number of carbonyl (C=O) groups excluding carboxylic acids is 1. The molecule has 2 rings (SSSR count). The number of unbranched alkanes of at least 4 members (excludes halogenated alkanes) is 2. The number of carboxylic acid groups (broad SMARTS) is 1. The lowest BCUT2D eigenvalue weighted by molar-refractivity contribution is -0.137. The topological polar surface area (TPSA) is 91.3 Å². The van der Waals surface area contributed by atoms with Crippen LogP contribution in [-0.2, 0) is 17.6 Å². The molecular formula is C13H19N3O3S. The zero-order chi connectivity index (χ0) is 14.4. The van der Waals surface area contributed by atoms with E-state index in [1.54, 1.807) is 11.3 Å². The van der Waals surface area contributed by atoms with E-state index in [1.165, 1.54) is 4.88 Å². The van der Waals surface area contributed by atoms with Gasteiger partial charge in [0.15, 0.2) is 5.13 Å². The van der Waals surface area contributed by atoms with Crippen LogP contribution in [0.3, 0.4) is 0 Å². The summed E-state index contributed by atoms with van der Waals surface area (Å²) in [5, 5.41) is 14.6. The number of rotatable bonds is 7. The van der Waals surface area contributed by atoms with Crippen molar-refractivity contribution in [3.05, 3.63) is 10.6 Å². The number of anilines is 1. The molecule has 3 N–H and O–H groups in total. The number of amides is 2. The van der Waals surface area contributed by atoms with Crippen molar-refractivity contribution < 1.29 is 14.7 Å². The minimum atomic E-state index is -0.771. The number of aliphatic carboxylic acids is 1. The summed E-state index contributed by atoms with van der Waals surface area (Å²) in [6, 6.07) is -0.240. The minimum absolute atomic E-state index is 0.191. The zero-order valence-electron chi connectivity index (χ0n) is 11.3. The van der Waals surface area contributed by atoms with E-state index in [0.29, 0.717) is 18.1 Å². The van der Waals surface area contributed by atoms with Gasteiger partial charge in [0.1, 0.15) is 0 Å². The van der Waals surface area contributed by atoms with Crippen LogP contribution in [0.4, 0.5) is 9.93 Å². The van der Waals surface area contributed by atoms with Gasteiger partial charge in [0.25, 0.3) is 0 Å². The lowest BCUT2D eigenvalue weighted by Crippen LogP contribution is -2.29. The summed E-state index contributed by atoms with van der Waals surface area (Å²) >= 11 is 1.55. The Kier molecular flexibility index (Phi) is 5.34. The van der Waals surface area contributed by atoms with Crippen LogP contribution >= 0.6 is 11.3 Å². The molecule has 1 aromatic rings. The Morgan fingerprint density at radius 3 is 2.85 bits per heavy atom. The van der Waals surface area contributed by atoms with E-state index in [9.17, 15) is 9.59 Å². The van der Waals surface area contributed by atoms with E-state index < -0.39 is 5.97 Å². The van der Waals surface area contributed by atoms with Crippen molar-refractivity contribution in [1.29, 1.82) is 0 Å². The van der Waals surface area contributed by atoms with Gasteiger partial charge in [-0.05, 0) is 32.1 Å². The van der Waals surface area contributed by atoms with Crippen LogP contribution in [-0.4, -0.2) is 28.6 Å². The monoisotopic (exact) mass is 297 g/mol. The van der Waals surface area contributed by atoms with E-state index >= 15 is 0 Å². The number of aryl methyl sites for hydroxylation is 2. The molecule has 2 amide bonds. The summed E-state index contributed by atoms with van der Waals surface area (Å²) in [4.78, 5) is 27.6. The summed E-state index contributed by atoms with van der Waals surface area (Å²) in [7, 11) is 0. The number of carboxylic acids is 1. The average Bonchev–Trinajstić information content (AvgIpc) is 2.93. The van der Waals surface area contributed by atoms with Crippen LogP contribution in [0.5, 0.6) is 0 Å². The van der Waals surface area contributed by atoms with Gasteiger partial charge >= 0.3 is 12.0 Å². The Balaban J connectivity index is 1.59. The van der Waals surface area contributed by atoms with Crippen LogP contribution in [0.2, 0.25) is 0 Å². The van der Waals surface area contributed by atoms with Crippen molar-refractivity contribution in [2.45, 2.75) is 44.9 Å². The zero-order valence-corrected chi connectivity index (χ0v) is 12.1. The second-order valence-electron chi connectivity index (χ2n) is 4.83. The summed E-state index contributed by atoms with van der Waals surface area (Å²) in [6.45, 7) is 0.552. The number of hydrogen-bond donors (Lipinski definition) is 3. The maximum atomic E-state index is 11.6. The van der Waals surface area contributed by atoms with Crippen molar-refractivity contribution in [2.75, 3.05) is 11.9 Å². The maximum absolute atomic E-state index is 11.6. The molecule has 1 aromatic heterocycles. The van der Waals surface area contributed by atoms with Gasteiger partial charge in [-0.1, -0.05) is 6.42 Å². The SMILES string of the molecule is O=C(O)CCCCCNC(=O)Nc1nc2c(s1)CCC2. The summed E-state index contributed by atoms with van der Waals surface area (Å²) in [5.74, 6) is -0.771. The van der Waals surface area contributed by atoms with Crippen LogP contribution in [0.25, 0.3) is 0 Å². The minimum Gasteiger partial charge on any atom is -0.481 e. The molecule has 0 radical (unpaired) electrons. The number of aromatic nitrogens is 1. The standard InChI is InChI=1S/C13H19N3O3S/c17-11(18)7-2-1-3-8-14-12(19)16-13-15-9-5-4-6-10(9)20-13/h1-8H2,(H,17,18)(H2,14,15,16,19). The quantitative estimate of drug-likeness (QED) is 0.674. The molecular weight excluding hydrogens is 278 g/mol. The number of nitrogens with one attached hydrogen (secondary N) is 2. The van der Waals surface area contributed by atoms with E-state index in [2.05, 4.69) is 15.6 Å². The van der Waals surface area contributed by atoms with Gasteiger partial charge < -0.3 is 10.4 Å². The molecule has 20 heavy (non-hydrogen) atoms. The first-order valence-corrected chi connectivity index (χ1v) is 7.72. The van der Waals surface area contributed by atoms with Gasteiger partial charge in [-0.25, -0.2) is 9.78 Å². The molecule has 1 heterocycles. The number of thiazole rings is 1. The van der Waals surface area contributed by atoms with Gasteiger partial charge in [-0.15, -0.1) is 11.3 Å². The van der Waals surface area contributed by atoms with Gasteiger partial charge in [-0.2, -0.15) is 0 Å². The van der Waals surface area contributed by atoms with Gasteiger partial charge in [0.05, 0.1) is 5.69 Å². The molecule has 0 unspecified atom stereocenters. The van der Waals surface area contributed by atoms with E-state index in [-0.39, 0.29) is 12.5 Å². The van der Waals surface area contributed by atoms with Crippen LogP contribution in [0.15, 0.2) is 0 Å². The summed E-state index contributed by atoms with van der Waals surface area (Å²) in [6.07, 6.45) is 5.68. The predicted molar refractivity (Wildman–Crippen MR) is 77.3 cm³/mol. The molecule has 7 heteroatoms. The predicted octanol–water partition coefficient (Wildman–Crippen LogP) is 2.40. The molecule has 0 aromatic carbocycles. The first-order valence-electron chi connectivity index (χ1n) is 6.90. The lowest BCUT2D eigenvalue weighted by atomic mass is 10.2. The van der Waals surface area contributed by atoms with Crippen LogP contribution in [0.1, 0.15) is 42.7 Å². The summed E-state index contributed by atoms with van der Waals surface area (Å²) in [5.41, 5.74) is 1.12. The average molecular weight is 297 g/mol. The number of carbonyl (C=O) groups is 2. The molecule has 110 valence electrons. The van der Waals surface area contributed by atoms with Crippen LogP contribution < -0.4 is 10.6 Å². The normalized spacial score (nSPS) is 13.0. The van der Waals surface area contributed by atoms with Gasteiger partial charge in [0.2, 0.25) is 0 Å². The Labute approximate surface area is 121 Å². The van der Waals surface area contributed by atoms with Crippen molar-refractivity contribution in [3.8, 4) is 0 Å². The maximum Gasteiger partial charge on any atom is 0.321 e. The Morgan fingerprint density at radius 1 is 1.25 bits per heavy atom. The smallest absolute Gasteiger partial charge is 0.321 e. The number of fused-ring (bicyclic) bond motifs is 1. The van der Waals surface area contributed by atoms with Gasteiger partial charge in [0, 0.05) is 17.8 Å². The highest BCUT2D eigenvalue weighted by molar-refractivity contribution is 7.15. The fourth-order valence-corrected chi connectivity index (χ4v) is 3.21. The number of nitrogens with zero attached hydrogens (tertiary/aromatic N) is 1. The molecule has 0 aliphatic heterocycles. The largest absolute Gasteiger partial charge is 0.481 e. The lowest BCUT2D eigenvalue weighted by Gasteiger charge is -2.05. The van der Waals surface area contributed by atoms with Crippen molar-refractivity contribution in [2.24, 2.45) is 0 Å². The van der Waals surface area contributed by atoms with Crippen LogP contribution in [0, 0.1) is 0 Å². The molecule has 0 fully saturated rings. The third-order valence-corrected chi connectivity index (χ3v) is 4.24. The first-order chi connectivity index (χ1) is 9.65. The molecule has 6 nitrogen and oxygen atoms in total. The highest BCUT2D eigenvalue weighted by Gasteiger charge is 2.17. The Hall–Kier alpha value is -1.63. The number of urea groups is 1. The molecule has 1 aliphatic rings. The fraction of sp³-hybridized carbons (Fsp3) is 0.615. The third kappa shape index (κ3) is 4.48. The molecule has 0 atom stereocenters. The highest BCUT2D eigenvalue weighted by Crippen LogP contribution is 2.30. The summed E-state index contributed by atoms with van der Waals surface area (Å²) < 4.78 is 0. The first kappa shape index (κ1) is 14.8. The molecule has 0 saturated carbocycles. The van der Waals surface area contributed by atoms with Crippen molar-refractivity contribution in [3.63, 3.8) is 0 Å². The number of hydrogen-bond acceptors (Lipinski definition) is 4. The highest BCUT2D eigenvalue weighted by atomic mass is 32.1. The molecule has 0 saturated heterocycles. The third-order valence-electron chi connectivity index (χ3n) is 3.17. The second-order valence-corrected chi connectivity index (χ2v) is 5.91. The molecule has 0 bridgehead atoms. The van der Waals surface area contributed by atoms with Crippen molar-refractivity contribution >= 4 is 28.5 Å². The van der Waals surface area contributed by atoms with E-state index in [4.69, 9.17) is 5.11 Å². The Morgan fingerprint density at radius 2 is 2.10 bits per heavy atom. The molecule has 1 aliphatic carbocycles. The molecule has 0 spiro atoms. The fourth-order valence-electron chi connectivity index (χ4n) is 2.17. The van der Waals surface area contributed by atoms with Gasteiger partial charge in [-0.3, -0.25) is 10.1 Å². The van der Waals surface area contributed by atoms with E-state index in [0.717, 1.165) is 37.8 Å². The van der Waals surface area contributed by atoms with E-state index in [1.807, 2.05) is 0 Å². The Bertz CT molecular complexity index is 466.